The van der Waals surface area contributed by atoms with Crippen LogP contribution in [0.25, 0.3) is 22.2 Å². The molecule has 0 unspecified atom stereocenters. The molecule has 1 aliphatic heterocycles. The van der Waals surface area contributed by atoms with Crippen molar-refractivity contribution < 1.29 is 0 Å². The van der Waals surface area contributed by atoms with Gasteiger partial charge in [0.05, 0.1) is 11.2 Å². The molecule has 0 amide bonds. The van der Waals surface area contributed by atoms with Crippen LogP contribution in [0.15, 0.2) is 91.0 Å². The summed E-state index contributed by atoms with van der Waals surface area (Å²) in [5, 5.41) is 5.10. The number of pyridine rings is 1. The quantitative estimate of drug-likeness (QED) is 0.415. The van der Waals surface area contributed by atoms with Crippen LogP contribution in [0.2, 0.25) is 0 Å². The van der Waals surface area contributed by atoms with Crippen molar-refractivity contribution in [2.75, 3.05) is 19.6 Å². The maximum atomic E-state index is 4.92. The summed E-state index contributed by atoms with van der Waals surface area (Å²) in [5.74, 6) is 0. The highest BCUT2D eigenvalue weighted by Gasteiger charge is 2.18. The van der Waals surface area contributed by atoms with Crippen molar-refractivity contribution in [3.63, 3.8) is 0 Å². The zero-order chi connectivity index (χ0) is 21.6. The first kappa shape index (κ1) is 20.9. The average Bonchev–Trinajstić information content (AvgIpc) is 2.86. The molecule has 1 aromatic heterocycles. The van der Waals surface area contributed by atoms with Crippen LogP contribution in [-0.2, 0) is 13.0 Å². The van der Waals surface area contributed by atoms with Crippen LogP contribution in [0.1, 0.15) is 24.0 Å². The summed E-state index contributed by atoms with van der Waals surface area (Å²) in [6.07, 6.45) is 3.46. The molecule has 1 saturated heterocycles. The van der Waals surface area contributed by atoms with Gasteiger partial charge in [-0.3, -0.25) is 4.90 Å². The number of nitrogens with one attached hydrogen (secondary N) is 1. The maximum Gasteiger partial charge on any atom is 0.0712 e. The molecule has 0 spiro atoms. The summed E-state index contributed by atoms with van der Waals surface area (Å²) in [7, 11) is 0. The first-order chi connectivity index (χ1) is 15.8. The van der Waals surface area contributed by atoms with Crippen LogP contribution in [0.4, 0.5) is 0 Å². The van der Waals surface area contributed by atoms with Gasteiger partial charge in [0.1, 0.15) is 0 Å². The highest BCUT2D eigenvalue weighted by molar-refractivity contribution is 5.85. The van der Waals surface area contributed by atoms with Gasteiger partial charge in [0, 0.05) is 23.5 Å². The Morgan fingerprint density at radius 3 is 2.28 bits per heavy atom. The Kier molecular flexibility index (Phi) is 6.57. The number of rotatable bonds is 7. The van der Waals surface area contributed by atoms with E-state index in [1.54, 1.807) is 0 Å². The molecule has 0 atom stereocenters. The highest BCUT2D eigenvalue weighted by Crippen LogP contribution is 2.25. The molecule has 0 radical (unpaired) electrons. The average molecular weight is 422 g/mol. The molecule has 32 heavy (non-hydrogen) atoms. The molecular weight excluding hydrogens is 390 g/mol. The second-order valence-corrected chi connectivity index (χ2v) is 8.79. The molecule has 3 aromatic carbocycles. The zero-order valence-corrected chi connectivity index (χ0v) is 18.6. The van der Waals surface area contributed by atoms with Crippen molar-refractivity contribution in [1.29, 1.82) is 0 Å². The van der Waals surface area contributed by atoms with Crippen molar-refractivity contribution in [2.24, 2.45) is 0 Å². The van der Waals surface area contributed by atoms with Crippen LogP contribution in [0, 0.1) is 0 Å². The Morgan fingerprint density at radius 2 is 1.50 bits per heavy atom. The van der Waals surface area contributed by atoms with Crippen LogP contribution >= 0.6 is 0 Å². The lowest BCUT2D eigenvalue weighted by molar-refractivity contribution is 0.191. The van der Waals surface area contributed by atoms with E-state index in [0.717, 1.165) is 30.7 Å². The highest BCUT2D eigenvalue weighted by atomic mass is 15.1. The molecule has 5 rings (SSSR count). The van der Waals surface area contributed by atoms with Gasteiger partial charge >= 0.3 is 0 Å². The third-order valence-corrected chi connectivity index (χ3v) is 6.54. The molecule has 0 bridgehead atoms. The summed E-state index contributed by atoms with van der Waals surface area (Å²) >= 11 is 0. The van der Waals surface area contributed by atoms with Crippen LogP contribution < -0.4 is 5.32 Å². The minimum atomic E-state index is 0.615. The molecule has 3 heteroatoms. The number of para-hydroxylation sites is 1. The molecule has 3 nitrogen and oxygen atoms in total. The topological polar surface area (TPSA) is 28.2 Å². The smallest absolute Gasteiger partial charge is 0.0712 e. The molecule has 2 heterocycles. The van der Waals surface area contributed by atoms with E-state index in [4.69, 9.17) is 4.98 Å². The Hall–Kier alpha value is -3.01. The number of hydrogen-bond donors (Lipinski definition) is 1. The lowest BCUT2D eigenvalue weighted by atomic mass is 10.0. The summed E-state index contributed by atoms with van der Waals surface area (Å²) in [6, 6.07) is 32.7. The van der Waals surface area contributed by atoms with E-state index in [0.29, 0.717) is 6.04 Å². The van der Waals surface area contributed by atoms with Crippen molar-refractivity contribution >= 4 is 10.9 Å². The number of hydrogen-bond acceptors (Lipinski definition) is 3. The fourth-order valence-electron chi connectivity index (χ4n) is 4.76. The van der Waals surface area contributed by atoms with Gasteiger partial charge in [-0.2, -0.15) is 0 Å². The van der Waals surface area contributed by atoms with E-state index >= 15 is 0 Å². The van der Waals surface area contributed by atoms with Crippen molar-refractivity contribution in [1.82, 2.24) is 15.2 Å². The largest absolute Gasteiger partial charge is 0.314 e. The van der Waals surface area contributed by atoms with Crippen molar-refractivity contribution in [3.8, 4) is 11.3 Å². The third-order valence-electron chi connectivity index (χ3n) is 6.54. The molecule has 1 N–H and O–H groups in total. The Bertz CT molecular complexity index is 1130. The normalized spacial score (nSPS) is 15.2. The lowest BCUT2D eigenvalue weighted by Crippen LogP contribution is -2.42. The fourth-order valence-corrected chi connectivity index (χ4v) is 4.76. The minimum Gasteiger partial charge on any atom is -0.314 e. The molecule has 1 aliphatic rings. The van der Waals surface area contributed by atoms with E-state index < -0.39 is 0 Å². The SMILES string of the molecule is c1ccc(CN2CCC(NCCc3cc(-c4ccccc4)nc4ccccc34)CC2)cc1. The summed E-state index contributed by atoms with van der Waals surface area (Å²) in [5.41, 5.74) is 6.12. The molecule has 0 saturated carbocycles. The van der Waals surface area contributed by atoms with E-state index in [1.165, 1.54) is 48.0 Å². The van der Waals surface area contributed by atoms with Gasteiger partial charge in [0.2, 0.25) is 0 Å². The first-order valence-corrected chi connectivity index (χ1v) is 11.8. The first-order valence-electron chi connectivity index (χ1n) is 11.8. The standard InChI is InChI=1S/C29H31N3/c1-3-9-23(10-4-1)22-32-19-16-26(17-20-32)30-18-15-25-21-29(24-11-5-2-6-12-24)31-28-14-8-7-13-27(25)28/h1-14,21,26,30H,15-20,22H2. The van der Waals surface area contributed by atoms with E-state index in [-0.39, 0.29) is 0 Å². The van der Waals surface area contributed by atoms with Crippen LogP contribution in [0.3, 0.4) is 0 Å². The van der Waals surface area contributed by atoms with Gasteiger partial charge in [-0.15, -0.1) is 0 Å². The van der Waals surface area contributed by atoms with E-state index in [2.05, 4.69) is 101 Å². The predicted molar refractivity (Wildman–Crippen MR) is 134 cm³/mol. The molecule has 1 fully saturated rings. The van der Waals surface area contributed by atoms with Gasteiger partial charge in [-0.1, -0.05) is 78.9 Å². The number of piperidine rings is 1. The summed E-state index contributed by atoms with van der Waals surface area (Å²) in [6.45, 7) is 4.41. The zero-order valence-electron chi connectivity index (χ0n) is 18.6. The molecule has 4 aromatic rings. The minimum absolute atomic E-state index is 0.615. The third kappa shape index (κ3) is 5.07. The maximum absolute atomic E-state index is 4.92. The Morgan fingerprint density at radius 1 is 0.812 bits per heavy atom. The fraction of sp³-hybridized carbons (Fsp3) is 0.276. The lowest BCUT2D eigenvalue weighted by Gasteiger charge is -2.32. The number of benzene rings is 3. The monoisotopic (exact) mass is 421 g/mol. The van der Waals surface area contributed by atoms with Gasteiger partial charge < -0.3 is 5.32 Å². The van der Waals surface area contributed by atoms with Crippen LogP contribution in [-0.4, -0.2) is 35.6 Å². The molecular formula is C29H31N3. The van der Waals surface area contributed by atoms with E-state index in [1.807, 2.05) is 0 Å². The summed E-state index contributed by atoms with van der Waals surface area (Å²) < 4.78 is 0. The van der Waals surface area contributed by atoms with Gasteiger partial charge in [0.15, 0.2) is 0 Å². The van der Waals surface area contributed by atoms with Gasteiger partial charge in [0.25, 0.3) is 0 Å². The van der Waals surface area contributed by atoms with Crippen molar-refractivity contribution in [3.05, 3.63) is 102 Å². The number of likely N-dealkylation sites (tertiary alicyclic amines) is 1. The van der Waals surface area contributed by atoms with Gasteiger partial charge in [-0.05, 0) is 62.2 Å². The second kappa shape index (κ2) is 10.1. The molecule has 162 valence electrons. The Labute approximate surface area is 191 Å². The summed E-state index contributed by atoms with van der Waals surface area (Å²) in [4.78, 5) is 7.50. The Balaban J connectivity index is 1.20. The van der Waals surface area contributed by atoms with Gasteiger partial charge in [-0.25, -0.2) is 4.98 Å². The number of fused-ring (bicyclic) bond motifs is 1. The van der Waals surface area contributed by atoms with E-state index in [9.17, 15) is 0 Å². The molecule has 0 aliphatic carbocycles. The predicted octanol–water partition coefficient (Wildman–Crippen LogP) is 5.70. The number of aromatic nitrogens is 1. The van der Waals surface area contributed by atoms with Crippen LogP contribution in [0.5, 0.6) is 0 Å². The second-order valence-electron chi connectivity index (χ2n) is 8.79. The van der Waals surface area contributed by atoms with Crippen molar-refractivity contribution in [2.45, 2.75) is 31.8 Å². The number of nitrogens with zero attached hydrogens (tertiary/aromatic N) is 2.